The van der Waals surface area contributed by atoms with Gasteiger partial charge in [-0.1, -0.05) is 176 Å². The number of halogens is 4. The van der Waals surface area contributed by atoms with E-state index in [-0.39, 0.29) is 140 Å². The van der Waals surface area contributed by atoms with Gasteiger partial charge in [-0.2, -0.15) is 5.21 Å². The van der Waals surface area contributed by atoms with Crippen LogP contribution in [0.25, 0.3) is 80.9 Å². The van der Waals surface area contributed by atoms with Crippen molar-refractivity contribution in [1.82, 2.24) is 69.4 Å². The summed E-state index contributed by atoms with van der Waals surface area (Å²) in [7, 11) is 1.91. The minimum Gasteiger partial charge on any atom is -0.507 e. The number of aromatic carboxylic acids is 1. The van der Waals surface area contributed by atoms with Crippen molar-refractivity contribution in [2.75, 3.05) is 13.1 Å². The number of carbonyl (C=O) groups is 7. The van der Waals surface area contributed by atoms with Gasteiger partial charge in [-0.25, -0.2) is 13.6 Å². The molecule has 0 atom stereocenters. The number of hydrogen-bond acceptors (Lipinski definition) is 24. The van der Waals surface area contributed by atoms with Gasteiger partial charge in [0.1, 0.15) is 16.9 Å². The number of tetrazole rings is 1. The summed E-state index contributed by atoms with van der Waals surface area (Å²) >= 11 is 21.2. The SMILES string of the molecule is Cl.Cl.Cn1c(/C=C2\C(=O)CC(=S)N(CCc3ccccc3)C2=O)ccc1-c1ccc(-c2nn[nH]n2)cc1.O=C1CC(=S)N(CCc2ccccc2)C(=O)/C1=C/c1ccc(-c2cc(F)c(O)c(F)c2)[nH]1.O=C1CC(=S)N(Cc2ccccn2)C(=O)/C1=C/c1ccc(-c2ccc(C(=O)O)c(O)c2)[nH]1.O=c1[nH]c(=S)n(Cc2ccccn2)c(O)c1C=C1C=CC(=c2ccc(=C3N=NN=N3)cc2)C1. The number of carboxylic acids is 1. The molecule has 0 radical (unpaired) electrons. The van der Waals surface area contributed by atoms with Gasteiger partial charge in [-0.3, -0.25) is 58.0 Å². The first-order valence-electron chi connectivity index (χ1n) is 40.7. The third-order valence-electron chi connectivity index (χ3n) is 21.6. The lowest BCUT2D eigenvalue weighted by molar-refractivity contribution is -0.129. The maximum Gasteiger partial charge on any atom is 0.339 e. The Morgan fingerprint density at radius 2 is 1.01 bits per heavy atom. The van der Waals surface area contributed by atoms with Crippen LogP contribution >= 0.6 is 73.7 Å². The molecule has 4 aliphatic heterocycles. The smallest absolute Gasteiger partial charge is 0.339 e. The lowest BCUT2D eigenvalue weighted by Crippen LogP contribution is -2.45. The molecule has 18 rings (SSSR count). The molecule has 674 valence electrons. The number of ketones is 3. The standard InChI is InChI=1S/C26H22N6O2S.C24H18F2N2O3S.C23H17N7O2S.C23H17N3O5S.2ClH/c1-31-20(11-12-22(31)18-7-9-19(10-8-18)25-27-29-30-28-25)15-21-23(33)16-24(35)32(26(21)34)14-13-17-5-3-2-4-6-17;25-18-10-15(11-19(26)23(18)30)20-7-6-16(27-20)12-17-21(29)13-22(32)28(24(17)31)9-8-14-4-2-1-3-5-14;31-21-19(22(32)30(23(33)25-21)13-18-3-1-2-10-24-18)12-14-4-5-17(11-14)15-6-8-16(9-7-15)20-26-28-29-27-20;27-19-9-13(4-6-16(19)23(30)31)18-7-5-14(25-18)10-17-20(28)11-21(32)26(22(17)29)12-15-3-1-2-8-24-15;;/h2-12,15H,13-14,16H2,1H3,(H,27,28,29,30);1-7,10-12,27,30H,8-9,13H2;1-10,12,32H,11,13H2,(H,25,31,33);1-10,25,27H,11-12H2,(H,30,31);2*1H/b21-15+;17-12+;;17-10+;;. The lowest BCUT2D eigenvalue weighted by Gasteiger charge is -2.28. The number of phenolic OH excluding ortho intramolecular Hbond substituents is 1. The van der Waals surface area contributed by atoms with Gasteiger partial charge in [-0.15, -0.1) is 45.2 Å². The summed E-state index contributed by atoms with van der Waals surface area (Å²) < 4.78 is 30.9. The molecule has 1 aliphatic carbocycles. The number of allylic oxidation sites excluding steroid dienone is 3. The molecular weight excluding hydrogens is 1830 g/mol. The number of carboxylic acid groups (broad SMARTS) is 1. The van der Waals surface area contributed by atoms with E-state index in [9.17, 15) is 62.5 Å². The fourth-order valence-corrected chi connectivity index (χ4v) is 15.8. The Morgan fingerprint density at radius 1 is 0.507 bits per heavy atom. The van der Waals surface area contributed by atoms with Crippen LogP contribution in [0.3, 0.4) is 0 Å². The number of nitrogens with one attached hydrogen (secondary N) is 4. The van der Waals surface area contributed by atoms with Crippen LogP contribution in [0.1, 0.15) is 81.2 Å². The minimum atomic E-state index is -1.23. The molecule has 8 N–H and O–H groups in total. The molecule has 3 saturated heterocycles. The number of rotatable bonds is 19. The molecule has 30 nitrogen and oxygen atoms in total. The second-order valence-electron chi connectivity index (χ2n) is 30.2. The highest BCUT2D eigenvalue weighted by Crippen LogP contribution is 2.34. The summed E-state index contributed by atoms with van der Waals surface area (Å²) in [6.45, 7) is 1.22. The highest BCUT2D eigenvalue weighted by Gasteiger charge is 2.37. The average molecular weight is 1910 g/mol. The van der Waals surface area contributed by atoms with Gasteiger partial charge in [-0.05, 0) is 189 Å². The Balaban J connectivity index is 0.000000151. The van der Waals surface area contributed by atoms with Crippen LogP contribution in [0.5, 0.6) is 17.4 Å². The van der Waals surface area contributed by atoms with E-state index in [1.807, 2.05) is 169 Å². The fourth-order valence-electron chi connectivity index (χ4n) is 14.6. The third kappa shape index (κ3) is 22.6. The molecule has 13 aromatic rings. The number of hydrogen-bond donors (Lipinski definition) is 8. The molecule has 0 bridgehead atoms. The predicted octanol–water partition coefficient (Wildman–Crippen LogP) is 15.2. The van der Waals surface area contributed by atoms with Crippen LogP contribution in [-0.2, 0) is 61.7 Å². The van der Waals surface area contributed by atoms with E-state index in [1.165, 1.54) is 38.7 Å². The number of carbonyl (C=O) groups excluding carboxylic acids is 6. The van der Waals surface area contributed by atoms with Crippen LogP contribution in [0, 0.1) is 16.4 Å². The second kappa shape index (κ2) is 43.3. The first-order valence-corrected chi connectivity index (χ1v) is 42.3. The van der Waals surface area contributed by atoms with Gasteiger partial charge < -0.3 is 44.8 Å². The summed E-state index contributed by atoms with van der Waals surface area (Å²) in [6, 6.07) is 62.5. The number of aromatic nitrogens is 11. The molecule has 134 heavy (non-hydrogen) atoms. The van der Waals surface area contributed by atoms with Crippen molar-refractivity contribution in [3.05, 3.63) is 347 Å². The summed E-state index contributed by atoms with van der Waals surface area (Å²) in [4.78, 5) is 123. The fraction of sp³-hybridized carbons (Fsp3) is 0.115. The Bertz CT molecular complexity index is 7250. The summed E-state index contributed by atoms with van der Waals surface area (Å²) in [6.07, 6.45) is 15.3. The molecule has 0 saturated carbocycles. The Morgan fingerprint density at radius 3 is 1.54 bits per heavy atom. The largest absolute Gasteiger partial charge is 0.507 e. The quantitative estimate of drug-likeness (QED) is 0.0212. The molecule has 0 spiro atoms. The molecule has 6 aromatic carbocycles. The van der Waals surface area contributed by atoms with Crippen LogP contribution in [0.15, 0.2) is 285 Å². The number of Topliss-reactive ketones (excluding diaryl/α,β-unsaturated/α-hetero) is 3. The number of aromatic amines is 4. The zero-order valence-electron chi connectivity index (χ0n) is 70.4. The van der Waals surface area contributed by atoms with Gasteiger partial charge >= 0.3 is 5.97 Å². The van der Waals surface area contributed by atoms with Crippen molar-refractivity contribution < 1.29 is 62.8 Å². The van der Waals surface area contributed by atoms with Crippen LogP contribution in [0.2, 0.25) is 0 Å². The van der Waals surface area contributed by atoms with E-state index >= 15 is 0 Å². The minimum absolute atomic E-state index is 0. The van der Waals surface area contributed by atoms with E-state index < -0.39 is 40.7 Å². The van der Waals surface area contributed by atoms with Crippen molar-refractivity contribution >= 4 is 165 Å². The number of pyridine rings is 2. The first-order chi connectivity index (χ1) is 63.7. The Labute approximate surface area is 794 Å². The van der Waals surface area contributed by atoms with Crippen molar-refractivity contribution in [3.8, 4) is 62.5 Å². The number of H-pyrrole nitrogens is 4. The van der Waals surface area contributed by atoms with Gasteiger partial charge in [0.2, 0.25) is 17.5 Å². The van der Waals surface area contributed by atoms with Crippen LogP contribution in [-0.4, -0.2) is 159 Å². The molecule has 5 aliphatic rings. The topological polar surface area (TPSA) is 414 Å². The maximum absolute atomic E-state index is 13.7. The summed E-state index contributed by atoms with van der Waals surface area (Å²) in [5.41, 5.74) is 11.3. The van der Waals surface area contributed by atoms with Crippen LogP contribution in [0.4, 0.5) is 8.78 Å². The number of benzene rings is 6. The molecule has 7 aromatic heterocycles. The Kier molecular flexibility index (Phi) is 31.0. The Hall–Kier alpha value is -15.7. The van der Waals surface area contributed by atoms with Crippen LogP contribution < -0.4 is 16.0 Å². The number of phenols is 2. The highest BCUT2D eigenvalue weighted by atomic mass is 35.5. The van der Waals surface area contributed by atoms with Crippen molar-refractivity contribution in [2.24, 2.45) is 27.7 Å². The van der Waals surface area contributed by atoms with Crippen molar-refractivity contribution in [2.45, 2.75) is 51.6 Å². The van der Waals surface area contributed by atoms with E-state index in [2.05, 4.69) is 66.2 Å². The normalized spacial score (nSPS) is 15.3. The summed E-state index contributed by atoms with van der Waals surface area (Å²) in [5.74, 6) is -6.29. The zero-order chi connectivity index (χ0) is 92.8. The van der Waals surface area contributed by atoms with Crippen molar-refractivity contribution in [1.29, 1.82) is 0 Å². The molecule has 38 heteroatoms. The number of piperidine rings is 3. The van der Waals surface area contributed by atoms with Gasteiger partial charge in [0.15, 0.2) is 39.5 Å². The van der Waals surface area contributed by atoms with Crippen molar-refractivity contribution in [3.63, 3.8) is 0 Å². The highest BCUT2D eigenvalue weighted by molar-refractivity contribution is 7.80. The molecule has 3 fully saturated rings. The number of thiocarbonyl (C=S) groups is 3. The van der Waals surface area contributed by atoms with E-state index in [1.54, 1.807) is 71.9 Å². The maximum atomic E-state index is 13.7. The number of aromatic hydroxyl groups is 3. The number of amides is 3. The molecule has 0 unspecified atom stereocenters. The number of likely N-dealkylation sites (tertiary alicyclic amines) is 3. The lowest BCUT2D eigenvalue weighted by atomic mass is 10.00. The molecule has 11 heterocycles. The zero-order valence-corrected chi connectivity index (χ0v) is 75.3. The molecule has 3 amide bonds. The number of nitrogens with zero attached hydrogens (tertiary/aromatic N) is 14. The van der Waals surface area contributed by atoms with E-state index in [0.29, 0.717) is 88.7 Å². The monoisotopic (exact) mass is 1910 g/mol. The molecular formula is C96H76Cl2F2N18O12S4. The van der Waals surface area contributed by atoms with Gasteiger partial charge in [0.05, 0.1) is 75.4 Å². The average Bonchev–Trinajstić information content (AvgIpc) is 1.38. The predicted molar refractivity (Wildman–Crippen MR) is 515 cm³/mol. The van der Waals surface area contributed by atoms with Gasteiger partial charge in [0.25, 0.3) is 23.3 Å². The third-order valence-corrected chi connectivity index (χ3v) is 23.0. The van der Waals surface area contributed by atoms with E-state index in [4.69, 9.17) is 54.0 Å². The van der Waals surface area contributed by atoms with Gasteiger partial charge in [0, 0.05) is 88.6 Å². The summed E-state index contributed by atoms with van der Waals surface area (Å²) in [5, 5.41) is 69.7. The first kappa shape index (κ1) is 95.8. The van der Waals surface area contributed by atoms with E-state index in [0.717, 1.165) is 67.4 Å². The second-order valence-corrected chi connectivity index (χ2v) is 32.0.